The maximum absolute atomic E-state index is 13.1. The SMILES string of the molecule is CC(C)c1c(C(=O)Nc2cccc(NC(=O)c3ccccc3)c2)cnn1-c1cccc(Cl)c1. The summed E-state index contributed by atoms with van der Waals surface area (Å²) in [5.74, 6) is -0.453. The molecule has 7 heteroatoms. The molecule has 0 atom stereocenters. The van der Waals surface area contributed by atoms with Gasteiger partial charge in [0.2, 0.25) is 0 Å². The van der Waals surface area contributed by atoms with Crippen LogP contribution in [0.1, 0.15) is 46.2 Å². The number of nitrogens with one attached hydrogen (secondary N) is 2. The highest BCUT2D eigenvalue weighted by Crippen LogP contribution is 2.26. The lowest BCUT2D eigenvalue weighted by Gasteiger charge is -2.13. The van der Waals surface area contributed by atoms with Crippen molar-refractivity contribution in [2.24, 2.45) is 0 Å². The zero-order valence-electron chi connectivity index (χ0n) is 18.2. The van der Waals surface area contributed by atoms with Gasteiger partial charge in [0.05, 0.1) is 23.1 Å². The van der Waals surface area contributed by atoms with Gasteiger partial charge in [-0.25, -0.2) is 4.68 Å². The number of benzene rings is 3. The fourth-order valence-electron chi connectivity index (χ4n) is 3.57. The molecule has 0 spiro atoms. The predicted octanol–water partition coefficient (Wildman–Crippen LogP) is 6.15. The molecule has 0 saturated carbocycles. The van der Waals surface area contributed by atoms with Crippen LogP contribution in [0.5, 0.6) is 0 Å². The monoisotopic (exact) mass is 458 g/mol. The summed E-state index contributed by atoms with van der Waals surface area (Å²) >= 11 is 6.14. The minimum Gasteiger partial charge on any atom is -0.322 e. The number of rotatable bonds is 6. The van der Waals surface area contributed by atoms with Crippen molar-refractivity contribution in [1.82, 2.24) is 9.78 Å². The van der Waals surface area contributed by atoms with Crippen molar-refractivity contribution in [1.29, 1.82) is 0 Å². The minimum atomic E-state index is -0.279. The summed E-state index contributed by atoms with van der Waals surface area (Å²) in [7, 11) is 0. The van der Waals surface area contributed by atoms with Gasteiger partial charge in [-0.2, -0.15) is 5.10 Å². The molecule has 3 aromatic carbocycles. The van der Waals surface area contributed by atoms with Crippen LogP contribution in [-0.2, 0) is 0 Å². The number of carbonyl (C=O) groups is 2. The van der Waals surface area contributed by atoms with E-state index >= 15 is 0 Å². The van der Waals surface area contributed by atoms with Crippen LogP contribution in [0.15, 0.2) is 85.1 Å². The summed E-state index contributed by atoms with van der Waals surface area (Å²) in [6.07, 6.45) is 1.56. The van der Waals surface area contributed by atoms with E-state index in [2.05, 4.69) is 15.7 Å². The van der Waals surface area contributed by atoms with Crippen molar-refractivity contribution >= 4 is 34.8 Å². The van der Waals surface area contributed by atoms with Gasteiger partial charge in [0, 0.05) is 22.0 Å². The van der Waals surface area contributed by atoms with E-state index in [1.807, 2.05) is 32.0 Å². The van der Waals surface area contributed by atoms with E-state index in [1.54, 1.807) is 71.5 Å². The zero-order chi connectivity index (χ0) is 23.4. The number of halogens is 1. The molecule has 0 aliphatic heterocycles. The van der Waals surface area contributed by atoms with Crippen LogP contribution in [-0.4, -0.2) is 21.6 Å². The summed E-state index contributed by atoms with van der Waals surface area (Å²) in [4.78, 5) is 25.6. The third-order valence-corrected chi connectivity index (χ3v) is 5.30. The van der Waals surface area contributed by atoms with Crippen LogP contribution in [0, 0.1) is 0 Å². The third-order valence-electron chi connectivity index (χ3n) is 5.07. The first-order valence-electron chi connectivity index (χ1n) is 10.5. The Morgan fingerprint density at radius 3 is 2.18 bits per heavy atom. The summed E-state index contributed by atoms with van der Waals surface area (Å²) in [6, 6.07) is 23.3. The van der Waals surface area contributed by atoms with E-state index in [9.17, 15) is 9.59 Å². The molecule has 0 bridgehead atoms. The van der Waals surface area contributed by atoms with Gasteiger partial charge in [-0.05, 0) is 54.4 Å². The molecule has 33 heavy (non-hydrogen) atoms. The molecule has 4 aromatic rings. The van der Waals surface area contributed by atoms with Gasteiger partial charge in [-0.3, -0.25) is 9.59 Å². The molecule has 0 fully saturated rings. The quantitative estimate of drug-likeness (QED) is 0.363. The van der Waals surface area contributed by atoms with E-state index in [-0.39, 0.29) is 17.7 Å². The molecular weight excluding hydrogens is 436 g/mol. The Bertz CT molecular complexity index is 1300. The largest absolute Gasteiger partial charge is 0.322 e. The normalized spacial score (nSPS) is 10.8. The van der Waals surface area contributed by atoms with Gasteiger partial charge in [-0.1, -0.05) is 55.8 Å². The van der Waals surface area contributed by atoms with Crippen LogP contribution >= 0.6 is 11.6 Å². The summed E-state index contributed by atoms with van der Waals surface area (Å²) in [5.41, 5.74) is 3.75. The van der Waals surface area contributed by atoms with Crippen molar-refractivity contribution in [3.63, 3.8) is 0 Å². The lowest BCUT2D eigenvalue weighted by molar-refractivity contribution is 0.101. The average Bonchev–Trinajstić information content (AvgIpc) is 3.26. The molecular formula is C26H23ClN4O2. The number of anilines is 2. The Morgan fingerprint density at radius 1 is 0.848 bits per heavy atom. The van der Waals surface area contributed by atoms with Gasteiger partial charge in [0.1, 0.15) is 0 Å². The lowest BCUT2D eigenvalue weighted by atomic mass is 10.0. The molecule has 166 valence electrons. The standard InChI is InChI=1S/C26H23ClN4O2/c1-17(2)24-23(16-28-31(24)22-13-6-10-19(27)14-22)26(33)30-21-12-7-11-20(15-21)29-25(32)18-8-4-3-5-9-18/h3-17H,1-2H3,(H,29,32)(H,30,33). The van der Waals surface area contributed by atoms with E-state index in [0.29, 0.717) is 27.5 Å². The van der Waals surface area contributed by atoms with Crippen molar-refractivity contribution in [3.8, 4) is 5.69 Å². The van der Waals surface area contributed by atoms with E-state index in [1.165, 1.54) is 0 Å². The van der Waals surface area contributed by atoms with Crippen LogP contribution in [0.25, 0.3) is 5.69 Å². The van der Waals surface area contributed by atoms with Gasteiger partial charge >= 0.3 is 0 Å². The van der Waals surface area contributed by atoms with Gasteiger partial charge in [0.15, 0.2) is 0 Å². The molecule has 0 saturated heterocycles. The summed E-state index contributed by atoms with van der Waals surface area (Å²) in [6.45, 7) is 4.02. The molecule has 0 unspecified atom stereocenters. The Morgan fingerprint density at radius 2 is 1.52 bits per heavy atom. The molecule has 0 radical (unpaired) electrons. The zero-order valence-corrected chi connectivity index (χ0v) is 19.0. The van der Waals surface area contributed by atoms with Crippen molar-refractivity contribution in [2.45, 2.75) is 19.8 Å². The van der Waals surface area contributed by atoms with Gasteiger partial charge in [-0.15, -0.1) is 0 Å². The Balaban J connectivity index is 1.55. The molecule has 6 nitrogen and oxygen atoms in total. The predicted molar refractivity (Wildman–Crippen MR) is 131 cm³/mol. The fraction of sp³-hybridized carbons (Fsp3) is 0.115. The number of hydrogen-bond donors (Lipinski definition) is 2. The Hall–Kier alpha value is -3.90. The second-order valence-corrected chi connectivity index (χ2v) is 8.28. The maximum Gasteiger partial charge on any atom is 0.259 e. The van der Waals surface area contributed by atoms with Crippen LogP contribution in [0.3, 0.4) is 0 Å². The lowest BCUT2D eigenvalue weighted by Crippen LogP contribution is -2.16. The van der Waals surface area contributed by atoms with Crippen molar-refractivity contribution < 1.29 is 9.59 Å². The molecule has 2 N–H and O–H groups in total. The average molecular weight is 459 g/mol. The number of carbonyl (C=O) groups excluding carboxylic acids is 2. The molecule has 1 aromatic heterocycles. The van der Waals surface area contributed by atoms with Gasteiger partial charge < -0.3 is 10.6 Å². The highest BCUT2D eigenvalue weighted by atomic mass is 35.5. The minimum absolute atomic E-state index is 0.0451. The summed E-state index contributed by atoms with van der Waals surface area (Å²) in [5, 5.41) is 10.8. The Kier molecular flexibility index (Phi) is 6.56. The fourth-order valence-corrected chi connectivity index (χ4v) is 3.75. The highest BCUT2D eigenvalue weighted by molar-refractivity contribution is 6.30. The van der Waals surface area contributed by atoms with Crippen molar-refractivity contribution in [3.05, 3.63) is 107 Å². The topological polar surface area (TPSA) is 76.0 Å². The maximum atomic E-state index is 13.1. The molecule has 0 aliphatic carbocycles. The smallest absolute Gasteiger partial charge is 0.259 e. The second kappa shape index (κ2) is 9.71. The molecule has 2 amide bonds. The summed E-state index contributed by atoms with van der Waals surface area (Å²) < 4.78 is 1.74. The van der Waals surface area contributed by atoms with E-state index in [4.69, 9.17) is 11.6 Å². The third kappa shape index (κ3) is 5.13. The number of nitrogens with zero attached hydrogens (tertiary/aromatic N) is 2. The van der Waals surface area contributed by atoms with Crippen LogP contribution in [0.4, 0.5) is 11.4 Å². The molecule has 4 rings (SSSR count). The Labute approximate surface area is 197 Å². The highest BCUT2D eigenvalue weighted by Gasteiger charge is 2.21. The number of aromatic nitrogens is 2. The first kappa shape index (κ1) is 22.3. The second-order valence-electron chi connectivity index (χ2n) is 7.84. The number of amides is 2. The molecule has 1 heterocycles. The first-order chi connectivity index (χ1) is 15.9. The van der Waals surface area contributed by atoms with E-state index in [0.717, 1.165) is 11.4 Å². The van der Waals surface area contributed by atoms with Gasteiger partial charge in [0.25, 0.3) is 11.8 Å². The molecule has 0 aliphatic rings. The van der Waals surface area contributed by atoms with Crippen LogP contribution < -0.4 is 10.6 Å². The first-order valence-corrected chi connectivity index (χ1v) is 10.9. The van der Waals surface area contributed by atoms with Crippen molar-refractivity contribution in [2.75, 3.05) is 10.6 Å². The number of hydrogen-bond acceptors (Lipinski definition) is 3. The van der Waals surface area contributed by atoms with E-state index < -0.39 is 0 Å². The van der Waals surface area contributed by atoms with Crippen LogP contribution in [0.2, 0.25) is 5.02 Å².